The van der Waals surface area contributed by atoms with Gasteiger partial charge in [-0.3, -0.25) is 4.79 Å². The van der Waals surface area contributed by atoms with Crippen LogP contribution < -0.4 is 5.32 Å². The summed E-state index contributed by atoms with van der Waals surface area (Å²) in [5.41, 5.74) is 3.69. The summed E-state index contributed by atoms with van der Waals surface area (Å²) in [5.74, 6) is -6.07. The Kier molecular flexibility index (Phi) is 14.1. The number of benzene rings is 4. The maximum atomic E-state index is 16.9. The van der Waals surface area contributed by atoms with Crippen LogP contribution in [0.2, 0.25) is 0 Å². The number of nitrogens with one attached hydrogen (secondary N) is 3. The number of aromatic hydroxyl groups is 3. The Labute approximate surface area is 427 Å². The third-order valence-electron chi connectivity index (χ3n) is 12.1. The molecule has 10 rings (SSSR count). The van der Waals surface area contributed by atoms with Gasteiger partial charge in [0.05, 0.1) is 47.2 Å². The number of aromatic nitrogens is 7. The van der Waals surface area contributed by atoms with E-state index in [1.165, 1.54) is 68.9 Å². The third-order valence-corrected chi connectivity index (χ3v) is 14.6. The predicted molar refractivity (Wildman–Crippen MR) is 284 cm³/mol. The molecule has 2 aliphatic heterocycles. The summed E-state index contributed by atoms with van der Waals surface area (Å²) in [4.78, 5) is 29.3. The second-order valence-corrected chi connectivity index (χ2v) is 20.1. The highest BCUT2D eigenvalue weighted by molar-refractivity contribution is 8.76. The van der Waals surface area contributed by atoms with Gasteiger partial charge in [0.25, 0.3) is 0 Å². The van der Waals surface area contributed by atoms with Gasteiger partial charge in [0.15, 0.2) is 29.1 Å². The topological polar surface area (TPSA) is 198 Å². The van der Waals surface area contributed by atoms with E-state index in [2.05, 4.69) is 25.6 Å². The number of aliphatic hydroxyl groups is 1. The zero-order valence-electron chi connectivity index (χ0n) is 39.2. The number of hydrogen-bond donors (Lipinski definition) is 7. The van der Waals surface area contributed by atoms with Gasteiger partial charge in [0, 0.05) is 68.8 Å². The van der Waals surface area contributed by atoms with Crippen LogP contribution in [0, 0.1) is 23.3 Å². The molecule has 13 nitrogen and oxygen atoms in total. The molecule has 1 atom stereocenters. The van der Waals surface area contributed by atoms with Crippen LogP contribution in [-0.4, -0.2) is 85.3 Å². The first-order chi connectivity index (χ1) is 35.8. The highest BCUT2D eigenvalue weighted by Crippen LogP contribution is 2.42. The first-order valence-electron chi connectivity index (χ1n) is 23.3. The molecule has 74 heavy (non-hydrogen) atoms. The van der Waals surface area contributed by atoms with Crippen molar-refractivity contribution in [2.24, 2.45) is 0 Å². The fourth-order valence-electron chi connectivity index (χ4n) is 8.91. The van der Waals surface area contributed by atoms with E-state index < -0.39 is 40.6 Å². The van der Waals surface area contributed by atoms with Crippen molar-refractivity contribution in [2.75, 3.05) is 23.4 Å². The van der Waals surface area contributed by atoms with Gasteiger partial charge < -0.3 is 35.7 Å². The lowest BCUT2D eigenvalue weighted by atomic mass is 10.0. The molecule has 8 bridgehead atoms. The van der Waals surface area contributed by atoms with Crippen LogP contribution in [-0.2, 0) is 6.54 Å². The summed E-state index contributed by atoms with van der Waals surface area (Å²) in [7, 11) is 2.77. The molecule has 0 saturated heterocycles. The van der Waals surface area contributed by atoms with E-state index in [0.29, 0.717) is 73.5 Å². The normalized spacial score (nSPS) is 12.4. The van der Waals surface area contributed by atoms with Crippen molar-refractivity contribution in [3.63, 3.8) is 0 Å². The van der Waals surface area contributed by atoms with Crippen molar-refractivity contribution < 1.29 is 42.8 Å². The van der Waals surface area contributed by atoms with Crippen molar-refractivity contribution in [1.29, 1.82) is 0 Å². The summed E-state index contributed by atoms with van der Waals surface area (Å²) >= 11 is 0. The Morgan fingerprint density at radius 3 is 1.53 bits per heavy atom. The molecular weight excluding hydrogens is 993 g/mol. The van der Waals surface area contributed by atoms with Crippen molar-refractivity contribution >= 4 is 79.4 Å². The van der Waals surface area contributed by atoms with Crippen LogP contribution in [0.4, 0.5) is 23.2 Å². The average Bonchev–Trinajstić information content (AvgIpc) is 4.26. The number of carbonyl (C=O) groups is 1. The van der Waals surface area contributed by atoms with E-state index in [9.17, 15) is 25.2 Å². The van der Waals surface area contributed by atoms with Gasteiger partial charge in [0.1, 0.15) is 28.6 Å². The summed E-state index contributed by atoms with van der Waals surface area (Å²) < 4.78 is 68.0. The smallest absolute Gasteiger partial charge is 0.185 e. The number of halogens is 4. The largest absolute Gasteiger partial charge is 0.508 e. The molecular formula is C55H44F4N8O5S2. The number of fused-ring (bicyclic) bond motifs is 8. The van der Waals surface area contributed by atoms with Crippen LogP contribution in [0.25, 0.3) is 90.9 Å². The van der Waals surface area contributed by atoms with Gasteiger partial charge in [-0.25, -0.2) is 32.2 Å². The highest BCUT2D eigenvalue weighted by atomic mass is 33.1. The summed E-state index contributed by atoms with van der Waals surface area (Å²) in [5, 5.41) is 51.9. The molecule has 2 aliphatic rings. The fraction of sp³-hybridized carbons (Fsp3) is 0.145. The number of phenolic OH excluding ortho intramolecular Hbond substituents is 3. The summed E-state index contributed by atoms with van der Waals surface area (Å²) in [6, 6.07) is 26.4. The molecule has 4 aromatic carbocycles. The number of anilines is 1. The summed E-state index contributed by atoms with van der Waals surface area (Å²) in [6.45, 7) is 1.75. The minimum atomic E-state index is -1.67. The fourth-order valence-corrected chi connectivity index (χ4v) is 10.9. The predicted octanol–water partition coefficient (Wildman–Crippen LogP) is 12.4. The van der Waals surface area contributed by atoms with E-state index >= 15 is 17.6 Å². The van der Waals surface area contributed by atoms with Crippen molar-refractivity contribution in [1.82, 2.24) is 34.9 Å². The first kappa shape index (κ1) is 49.4. The van der Waals surface area contributed by atoms with Gasteiger partial charge in [-0.05, 0) is 115 Å². The van der Waals surface area contributed by atoms with Gasteiger partial charge in [-0.1, -0.05) is 63.2 Å². The lowest BCUT2D eigenvalue weighted by Crippen LogP contribution is -2.12. The molecule has 0 amide bonds. The number of hydrogen-bond acceptors (Lipinski definition) is 12. The molecule has 0 spiro atoms. The Morgan fingerprint density at radius 2 is 1.07 bits per heavy atom. The van der Waals surface area contributed by atoms with Crippen molar-refractivity contribution in [3.05, 3.63) is 155 Å². The van der Waals surface area contributed by atoms with Crippen molar-refractivity contribution in [3.8, 4) is 61.8 Å². The molecule has 0 radical (unpaired) electrons. The molecule has 8 aromatic rings. The third kappa shape index (κ3) is 10.1. The molecule has 19 heteroatoms. The number of carbonyl (C=O) groups excluding carboxylic acids is 1. The lowest BCUT2D eigenvalue weighted by molar-refractivity contribution is 0.0977. The monoisotopic (exact) mass is 1040 g/mol. The van der Waals surface area contributed by atoms with Crippen LogP contribution in [0.15, 0.2) is 103 Å². The van der Waals surface area contributed by atoms with Gasteiger partial charge in [0.2, 0.25) is 0 Å². The molecule has 4 aromatic heterocycles. The standard InChI is InChI=1S/C55H44F4N8O5S2/c1-29(68)27-67-28-44(65-66-67)45(72)12-5-22-73-74-23-21-60-55-53(58)51(56)50(52(57)54(55)59)49-42-19-17-40(63-42)47(31-7-3-10-34(70)25-31)38-15-13-36(61-38)46(30-6-2-9-33(69)24-30)37-14-16-39(62-37)48(41-18-20-43(49)64-41)32-8-4-11-35(71)26-32/h2-4,6-11,13-20,24-26,28-29,60-61,64,68-71H,5,12,21-23,27H2,1H3. The number of H-pyrrole nitrogens is 2. The van der Waals surface area contributed by atoms with Crippen LogP contribution in [0.3, 0.4) is 0 Å². The Balaban J connectivity index is 1.07. The van der Waals surface area contributed by atoms with Crippen molar-refractivity contribution in [2.45, 2.75) is 32.4 Å². The zero-order chi connectivity index (χ0) is 51.6. The van der Waals surface area contributed by atoms with E-state index in [1.807, 2.05) is 12.1 Å². The Morgan fingerprint density at radius 1 is 0.622 bits per heavy atom. The van der Waals surface area contributed by atoms with Gasteiger partial charge in [-0.15, -0.1) is 5.10 Å². The van der Waals surface area contributed by atoms with E-state index in [-0.39, 0.29) is 76.5 Å². The number of aromatic amines is 2. The highest BCUT2D eigenvalue weighted by Gasteiger charge is 2.30. The molecule has 0 fully saturated rings. The van der Waals surface area contributed by atoms with E-state index in [1.54, 1.807) is 79.7 Å². The zero-order valence-corrected chi connectivity index (χ0v) is 40.8. The van der Waals surface area contributed by atoms with Gasteiger partial charge in [-0.2, -0.15) is 0 Å². The molecule has 0 aliphatic carbocycles. The van der Waals surface area contributed by atoms with E-state index in [4.69, 9.17) is 9.97 Å². The van der Waals surface area contributed by atoms with E-state index in [0.717, 1.165) is 0 Å². The number of nitrogens with zero attached hydrogens (tertiary/aromatic N) is 5. The van der Waals surface area contributed by atoms with Gasteiger partial charge >= 0.3 is 0 Å². The molecule has 1 unspecified atom stereocenters. The number of aliphatic hydroxyl groups excluding tert-OH is 1. The maximum Gasteiger partial charge on any atom is 0.185 e. The van der Waals surface area contributed by atoms with Crippen LogP contribution in [0.1, 0.15) is 53.0 Å². The average molecular weight is 1040 g/mol. The minimum Gasteiger partial charge on any atom is -0.508 e. The number of ketones is 1. The Hall–Kier alpha value is -8.13. The minimum absolute atomic E-state index is 0.0249. The molecule has 0 saturated carbocycles. The molecule has 374 valence electrons. The Bertz CT molecular complexity index is 3670. The molecule has 6 heterocycles. The first-order valence-corrected chi connectivity index (χ1v) is 25.8. The lowest BCUT2D eigenvalue weighted by Gasteiger charge is -2.14. The second kappa shape index (κ2) is 21.1. The molecule has 7 N–H and O–H groups in total. The SMILES string of the molecule is CC(O)Cn1cc(C(=O)CCCSSCCNc2c(F)c(F)c(-c3c4nc(c(-c5cccc(O)c5)c5ccc([nH]5)c(-c5cccc(O)c5)c5nc(c(-c6cccc(O)c6)c6ccc3[nH]6)C=C5)C=C4)c(F)c2F)nn1. The summed E-state index contributed by atoms with van der Waals surface area (Å²) in [6.07, 6.45) is 8.22. The maximum absolute atomic E-state index is 16.9. The quantitative estimate of drug-likeness (QED) is 0.0159. The number of phenols is 3. The second-order valence-electron chi connectivity index (χ2n) is 17.4. The number of rotatable bonds is 16. The van der Waals surface area contributed by atoms with Crippen LogP contribution in [0.5, 0.6) is 17.2 Å². The van der Waals surface area contributed by atoms with Crippen LogP contribution >= 0.6 is 21.6 Å². The number of Topliss-reactive ketones (excluding diaryl/α,β-unsaturated/α-hetero) is 1.